The van der Waals surface area contributed by atoms with Crippen LogP contribution in [-0.2, 0) is 16.0 Å². The van der Waals surface area contributed by atoms with E-state index < -0.39 is 17.9 Å². The van der Waals surface area contributed by atoms with Crippen LogP contribution in [0.5, 0.6) is 0 Å². The van der Waals surface area contributed by atoms with E-state index in [0.29, 0.717) is 32.4 Å². The first-order valence-electron chi connectivity index (χ1n) is 9.73. The lowest BCUT2D eigenvalue weighted by molar-refractivity contribution is -0.137. The number of hydrogen-bond acceptors (Lipinski definition) is 5. The van der Waals surface area contributed by atoms with E-state index in [1.165, 1.54) is 0 Å². The van der Waals surface area contributed by atoms with E-state index in [0.717, 1.165) is 10.5 Å². The molecule has 30 heavy (non-hydrogen) atoms. The van der Waals surface area contributed by atoms with E-state index >= 15 is 0 Å². The molecule has 0 aromatic heterocycles. The van der Waals surface area contributed by atoms with Crippen LogP contribution in [0.15, 0.2) is 35.3 Å². The van der Waals surface area contributed by atoms with Crippen LogP contribution in [-0.4, -0.2) is 53.5 Å². The molecule has 1 aromatic carbocycles. The molecule has 0 aliphatic heterocycles. The van der Waals surface area contributed by atoms with Gasteiger partial charge < -0.3 is 16.2 Å². The van der Waals surface area contributed by atoms with Crippen molar-refractivity contribution in [2.75, 3.05) is 19.6 Å². The second-order valence-corrected chi connectivity index (χ2v) is 6.47. The molecule has 0 saturated heterocycles. The summed E-state index contributed by atoms with van der Waals surface area (Å²) in [4.78, 5) is 40.7. The number of nitrogens with zero attached hydrogens (tertiary/aromatic N) is 3. The lowest BCUT2D eigenvalue weighted by Crippen LogP contribution is -2.45. The minimum Gasteiger partial charge on any atom is -0.481 e. The number of carboxylic acid groups (broad SMARTS) is 1. The first-order chi connectivity index (χ1) is 14.4. The number of urea groups is 1. The standard InChI is InChI=1S/C20H28N6O4/c21-15-25-19(22)23-12-4-5-13-24-20(30)26(17(27)9-6-10-18(28)29)14-11-16-7-2-1-3-8-16/h1-3,7-8H,4-6,9-14H2,(H,24,30)(H,28,29)(H3,22,23,25). The molecule has 0 unspecified atom stereocenters. The number of benzene rings is 1. The number of aliphatic carboxylic acids is 1. The van der Waals surface area contributed by atoms with Gasteiger partial charge in [-0.25, -0.2) is 4.79 Å². The minimum atomic E-state index is -0.976. The van der Waals surface area contributed by atoms with Crippen molar-refractivity contribution < 1.29 is 19.5 Å². The molecule has 0 aliphatic rings. The number of imide groups is 1. The van der Waals surface area contributed by atoms with Crippen LogP contribution in [0.4, 0.5) is 4.79 Å². The topological polar surface area (TPSA) is 161 Å². The molecule has 0 aliphatic carbocycles. The maximum absolute atomic E-state index is 12.5. The van der Waals surface area contributed by atoms with Crippen LogP contribution < -0.4 is 16.4 Å². The molecule has 0 heterocycles. The van der Waals surface area contributed by atoms with Crippen molar-refractivity contribution in [1.29, 1.82) is 5.26 Å². The van der Waals surface area contributed by atoms with Crippen LogP contribution in [0.25, 0.3) is 0 Å². The fraction of sp³-hybridized carbons (Fsp3) is 0.450. The molecule has 3 amide bonds. The molecule has 0 radical (unpaired) electrons. The van der Waals surface area contributed by atoms with E-state index in [9.17, 15) is 14.4 Å². The first kappa shape index (κ1) is 24.4. The van der Waals surface area contributed by atoms with Crippen molar-refractivity contribution >= 4 is 23.9 Å². The SMILES string of the molecule is N#CNC(N)=NCCCCNC(=O)N(CCc1ccccc1)C(=O)CCCC(=O)O. The van der Waals surface area contributed by atoms with E-state index in [4.69, 9.17) is 16.1 Å². The number of nitrogens with one attached hydrogen (secondary N) is 2. The number of nitriles is 1. The predicted octanol–water partition coefficient (Wildman–Crippen LogP) is 1.19. The molecule has 10 nitrogen and oxygen atoms in total. The molecular weight excluding hydrogens is 388 g/mol. The molecule has 0 bridgehead atoms. The largest absolute Gasteiger partial charge is 0.481 e. The van der Waals surface area contributed by atoms with Gasteiger partial charge in [0.1, 0.15) is 0 Å². The normalized spacial score (nSPS) is 10.7. The van der Waals surface area contributed by atoms with Gasteiger partial charge in [0, 0.05) is 32.5 Å². The highest BCUT2D eigenvalue weighted by molar-refractivity contribution is 5.94. The number of hydrogen-bond donors (Lipinski definition) is 4. The smallest absolute Gasteiger partial charge is 0.324 e. The summed E-state index contributed by atoms with van der Waals surface area (Å²) in [5, 5.41) is 22.1. The lowest BCUT2D eigenvalue weighted by Gasteiger charge is -2.21. The second kappa shape index (κ2) is 14.4. The molecule has 0 atom stereocenters. The average Bonchev–Trinajstić information content (AvgIpc) is 2.71. The van der Waals surface area contributed by atoms with Crippen molar-refractivity contribution in [2.24, 2.45) is 10.7 Å². The molecule has 1 aromatic rings. The summed E-state index contributed by atoms with van der Waals surface area (Å²) >= 11 is 0. The van der Waals surface area contributed by atoms with Crippen LogP contribution in [0.2, 0.25) is 0 Å². The monoisotopic (exact) mass is 416 g/mol. The third-order valence-electron chi connectivity index (χ3n) is 4.12. The third-order valence-corrected chi connectivity index (χ3v) is 4.12. The predicted molar refractivity (Wildman–Crippen MR) is 111 cm³/mol. The Bertz CT molecular complexity index is 760. The number of amides is 3. The molecule has 0 saturated carbocycles. The van der Waals surface area contributed by atoms with Crippen molar-refractivity contribution in [3.63, 3.8) is 0 Å². The average molecular weight is 416 g/mol. The van der Waals surface area contributed by atoms with Crippen LogP contribution in [0.3, 0.4) is 0 Å². The highest BCUT2D eigenvalue weighted by atomic mass is 16.4. The highest BCUT2D eigenvalue weighted by Crippen LogP contribution is 2.06. The molecule has 10 heteroatoms. The Kier molecular flexibility index (Phi) is 11.7. The zero-order valence-electron chi connectivity index (χ0n) is 16.8. The Morgan fingerprint density at radius 1 is 1.13 bits per heavy atom. The van der Waals surface area contributed by atoms with Crippen molar-refractivity contribution in [3.8, 4) is 6.19 Å². The molecule has 5 N–H and O–H groups in total. The van der Waals surface area contributed by atoms with E-state index in [1.54, 1.807) is 6.19 Å². The van der Waals surface area contributed by atoms with E-state index in [2.05, 4.69) is 15.6 Å². The Morgan fingerprint density at radius 2 is 1.87 bits per heavy atom. The molecular formula is C20H28N6O4. The summed E-state index contributed by atoms with van der Waals surface area (Å²) in [5.74, 6) is -1.33. The quantitative estimate of drug-likeness (QED) is 0.131. The maximum atomic E-state index is 12.5. The number of rotatable bonds is 12. The zero-order valence-corrected chi connectivity index (χ0v) is 16.8. The minimum absolute atomic E-state index is 0.00556. The number of nitrogens with two attached hydrogens (primary N) is 1. The molecule has 162 valence electrons. The third kappa shape index (κ3) is 10.7. The van der Waals surface area contributed by atoms with Gasteiger partial charge in [-0.1, -0.05) is 30.3 Å². The summed E-state index contributed by atoms with van der Waals surface area (Å²) in [7, 11) is 0. The summed E-state index contributed by atoms with van der Waals surface area (Å²) in [5.41, 5.74) is 6.42. The van der Waals surface area contributed by atoms with Crippen molar-refractivity contribution in [2.45, 2.75) is 38.5 Å². The van der Waals surface area contributed by atoms with Crippen LogP contribution in [0.1, 0.15) is 37.7 Å². The Balaban J connectivity index is 2.52. The van der Waals surface area contributed by atoms with Gasteiger partial charge in [0.15, 0.2) is 6.19 Å². The number of unbranched alkanes of at least 4 members (excludes halogenated alkanes) is 1. The van der Waals surface area contributed by atoms with Crippen molar-refractivity contribution in [1.82, 2.24) is 15.5 Å². The van der Waals surface area contributed by atoms with Gasteiger partial charge in [0.05, 0.1) is 0 Å². The maximum Gasteiger partial charge on any atom is 0.324 e. The Morgan fingerprint density at radius 3 is 2.53 bits per heavy atom. The van der Waals surface area contributed by atoms with Gasteiger partial charge in [-0.2, -0.15) is 5.26 Å². The van der Waals surface area contributed by atoms with Gasteiger partial charge in [-0.3, -0.25) is 24.8 Å². The summed E-state index contributed by atoms with van der Waals surface area (Å²) in [6.45, 7) is 0.967. The number of carbonyl (C=O) groups is 3. The Labute approximate surface area is 175 Å². The summed E-state index contributed by atoms with van der Waals surface area (Å²) in [6.07, 6.45) is 3.50. The fourth-order valence-corrected chi connectivity index (χ4v) is 2.57. The second-order valence-electron chi connectivity index (χ2n) is 6.47. The van der Waals surface area contributed by atoms with Crippen LogP contribution in [0, 0.1) is 11.5 Å². The summed E-state index contributed by atoms with van der Waals surface area (Å²) in [6, 6.07) is 8.99. The van der Waals surface area contributed by atoms with E-state index in [1.807, 2.05) is 30.3 Å². The van der Waals surface area contributed by atoms with Gasteiger partial charge in [0.25, 0.3) is 0 Å². The number of guanidine groups is 1. The van der Waals surface area contributed by atoms with Crippen LogP contribution >= 0.6 is 0 Å². The lowest BCUT2D eigenvalue weighted by atomic mass is 10.1. The van der Waals surface area contributed by atoms with Gasteiger partial charge in [-0.05, 0) is 31.2 Å². The number of carboxylic acids is 1. The number of carbonyl (C=O) groups excluding carboxylic acids is 2. The van der Waals surface area contributed by atoms with E-state index in [-0.39, 0.29) is 31.8 Å². The van der Waals surface area contributed by atoms with Gasteiger partial charge in [0.2, 0.25) is 11.9 Å². The molecule has 0 spiro atoms. The van der Waals surface area contributed by atoms with Gasteiger partial charge in [-0.15, -0.1) is 0 Å². The molecule has 0 fully saturated rings. The highest BCUT2D eigenvalue weighted by Gasteiger charge is 2.20. The van der Waals surface area contributed by atoms with Crippen molar-refractivity contribution in [3.05, 3.63) is 35.9 Å². The Hall–Kier alpha value is -3.61. The number of aliphatic imine (C=N–C) groups is 1. The zero-order chi connectivity index (χ0) is 22.2. The first-order valence-corrected chi connectivity index (χ1v) is 9.73. The summed E-state index contributed by atoms with van der Waals surface area (Å²) < 4.78 is 0. The fourth-order valence-electron chi connectivity index (χ4n) is 2.57. The molecule has 1 rings (SSSR count). The van der Waals surface area contributed by atoms with Gasteiger partial charge >= 0.3 is 12.0 Å².